The molecule has 0 radical (unpaired) electrons. The van der Waals surface area contributed by atoms with E-state index in [9.17, 15) is 0 Å². The van der Waals surface area contributed by atoms with Crippen molar-refractivity contribution in [3.05, 3.63) is 41.7 Å². The summed E-state index contributed by atoms with van der Waals surface area (Å²) >= 11 is 0. The van der Waals surface area contributed by atoms with Gasteiger partial charge in [0.1, 0.15) is 5.76 Å². The van der Waals surface area contributed by atoms with Crippen LogP contribution in [-0.2, 0) is 0 Å². The third kappa shape index (κ3) is 1.70. The molecule has 0 saturated carbocycles. The molecule has 3 aromatic rings. The Labute approximate surface area is 100 Å². The highest BCUT2D eigenvalue weighted by atomic mass is 16.3. The lowest BCUT2D eigenvalue weighted by atomic mass is 10.1. The van der Waals surface area contributed by atoms with Crippen molar-refractivity contribution in [2.75, 3.05) is 0 Å². The minimum atomic E-state index is 0.397. The molecule has 3 rings (SSSR count). The molecule has 0 unspecified atom stereocenters. The summed E-state index contributed by atoms with van der Waals surface area (Å²) in [5, 5.41) is 2.26. The molecule has 2 heterocycles. The maximum absolute atomic E-state index is 5.76. The van der Waals surface area contributed by atoms with Crippen LogP contribution >= 0.6 is 0 Å². The second-order valence-corrected chi connectivity index (χ2v) is 4.88. The van der Waals surface area contributed by atoms with Crippen molar-refractivity contribution in [2.45, 2.75) is 26.7 Å². The summed E-state index contributed by atoms with van der Waals surface area (Å²) < 4.78 is 5.76. The highest BCUT2D eigenvalue weighted by Gasteiger charge is 2.09. The first-order valence-electron chi connectivity index (χ1n) is 5.94. The van der Waals surface area contributed by atoms with Crippen molar-refractivity contribution in [1.29, 1.82) is 0 Å². The van der Waals surface area contributed by atoms with Crippen molar-refractivity contribution in [3.8, 4) is 0 Å². The molecule has 0 saturated heterocycles. The number of hydrogen-bond acceptors (Lipinski definition) is 2. The average molecular weight is 225 g/mol. The van der Waals surface area contributed by atoms with Gasteiger partial charge in [0.25, 0.3) is 0 Å². The number of aromatic nitrogens is 1. The van der Waals surface area contributed by atoms with Crippen LogP contribution in [0.5, 0.6) is 0 Å². The van der Waals surface area contributed by atoms with Gasteiger partial charge in [0.05, 0.1) is 5.52 Å². The number of benzene rings is 1. The van der Waals surface area contributed by atoms with E-state index in [0.717, 1.165) is 22.4 Å². The van der Waals surface area contributed by atoms with Gasteiger partial charge in [-0.1, -0.05) is 25.5 Å². The van der Waals surface area contributed by atoms with Crippen molar-refractivity contribution >= 4 is 22.0 Å². The Morgan fingerprint density at radius 1 is 1.06 bits per heavy atom. The van der Waals surface area contributed by atoms with Gasteiger partial charge in [-0.3, -0.25) is 0 Å². The predicted molar refractivity (Wildman–Crippen MR) is 70.3 cm³/mol. The molecule has 0 aliphatic heterocycles. The van der Waals surface area contributed by atoms with Gasteiger partial charge in [0, 0.05) is 16.7 Å². The Morgan fingerprint density at radius 2 is 1.88 bits per heavy atom. The van der Waals surface area contributed by atoms with E-state index in [1.54, 1.807) is 0 Å². The number of fused-ring (bicyclic) bond motifs is 2. The van der Waals surface area contributed by atoms with E-state index in [4.69, 9.17) is 4.42 Å². The maximum atomic E-state index is 5.76. The van der Waals surface area contributed by atoms with Crippen molar-refractivity contribution in [1.82, 2.24) is 4.98 Å². The quantitative estimate of drug-likeness (QED) is 0.613. The molecule has 2 aromatic heterocycles. The van der Waals surface area contributed by atoms with Gasteiger partial charge in [0.2, 0.25) is 5.71 Å². The molecule has 0 fully saturated rings. The predicted octanol–water partition coefficient (Wildman–Crippen LogP) is 4.41. The Balaban J connectivity index is 2.32. The minimum Gasteiger partial charge on any atom is -0.442 e. The first-order chi connectivity index (χ1) is 8.13. The van der Waals surface area contributed by atoms with Crippen LogP contribution in [-0.4, -0.2) is 4.98 Å². The zero-order valence-corrected chi connectivity index (χ0v) is 10.3. The smallest absolute Gasteiger partial charge is 0.226 e. The molecule has 0 amide bonds. The summed E-state index contributed by atoms with van der Waals surface area (Å²) in [5.41, 5.74) is 2.99. The molecule has 1 aromatic carbocycles. The number of furan rings is 1. The van der Waals surface area contributed by atoms with Gasteiger partial charge < -0.3 is 4.42 Å². The number of pyridine rings is 1. The molecule has 0 spiro atoms. The summed E-state index contributed by atoms with van der Waals surface area (Å²) in [6.45, 7) is 6.35. The Hall–Kier alpha value is -1.83. The fraction of sp³-hybridized carbons (Fsp3) is 0.267. The normalized spacial score (nSPS) is 11.8. The topological polar surface area (TPSA) is 26.0 Å². The lowest BCUT2D eigenvalue weighted by molar-refractivity contribution is 0.514. The highest BCUT2D eigenvalue weighted by molar-refractivity contribution is 5.91. The van der Waals surface area contributed by atoms with E-state index >= 15 is 0 Å². The van der Waals surface area contributed by atoms with Gasteiger partial charge in [-0.25, -0.2) is 4.98 Å². The molecular formula is C15H15NO. The molecule has 2 nitrogen and oxygen atoms in total. The third-order valence-electron chi connectivity index (χ3n) is 3.04. The molecule has 0 bridgehead atoms. The maximum Gasteiger partial charge on any atom is 0.226 e. The van der Waals surface area contributed by atoms with Crippen LogP contribution in [0.4, 0.5) is 0 Å². The highest BCUT2D eigenvalue weighted by Crippen LogP contribution is 2.26. The summed E-state index contributed by atoms with van der Waals surface area (Å²) in [5.74, 6) is 1.40. The Kier molecular flexibility index (Phi) is 2.18. The number of aryl methyl sites for hydroxylation is 1. The van der Waals surface area contributed by atoms with E-state index in [0.29, 0.717) is 5.92 Å². The first-order valence-corrected chi connectivity index (χ1v) is 5.94. The van der Waals surface area contributed by atoms with Crippen molar-refractivity contribution < 1.29 is 4.42 Å². The fourth-order valence-electron chi connectivity index (χ4n) is 2.06. The van der Waals surface area contributed by atoms with Gasteiger partial charge in [0.15, 0.2) is 0 Å². The summed E-state index contributed by atoms with van der Waals surface area (Å²) in [4.78, 5) is 4.56. The Morgan fingerprint density at radius 3 is 2.65 bits per heavy atom. The van der Waals surface area contributed by atoms with E-state index < -0.39 is 0 Å². The molecule has 0 aliphatic rings. The van der Waals surface area contributed by atoms with Gasteiger partial charge in [-0.15, -0.1) is 0 Å². The second-order valence-electron chi connectivity index (χ2n) is 4.88. The molecule has 0 N–H and O–H groups in total. The summed E-state index contributed by atoms with van der Waals surface area (Å²) in [6, 6.07) is 10.5. The zero-order valence-electron chi connectivity index (χ0n) is 10.3. The zero-order chi connectivity index (χ0) is 12.0. The van der Waals surface area contributed by atoms with Crippen molar-refractivity contribution in [3.63, 3.8) is 0 Å². The van der Waals surface area contributed by atoms with Gasteiger partial charge in [-0.05, 0) is 31.2 Å². The first kappa shape index (κ1) is 10.3. The largest absolute Gasteiger partial charge is 0.442 e. The van der Waals surface area contributed by atoms with Crippen LogP contribution in [0.15, 0.2) is 34.7 Å². The summed E-state index contributed by atoms with van der Waals surface area (Å²) in [7, 11) is 0. The summed E-state index contributed by atoms with van der Waals surface area (Å²) in [6.07, 6.45) is 0. The number of nitrogens with zero attached hydrogens (tertiary/aromatic N) is 1. The van der Waals surface area contributed by atoms with E-state index in [2.05, 4.69) is 50.0 Å². The van der Waals surface area contributed by atoms with Crippen LogP contribution in [0.2, 0.25) is 0 Å². The SMILES string of the molecule is Cc1ccc2nc3oc(C(C)C)cc3cc2c1. The van der Waals surface area contributed by atoms with Crippen LogP contribution in [0.1, 0.15) is 31.1 Å². The monoisotopic (exact) mass is 225 g/mol. The third-order valence-corrected chi connectivity index (χ3v) is 3.04. The standard InChI is InChI=1S/C15H15NO/c1-9(2)14-8-12-7-11-6-10(3)4-5-13(11)16-15(12)17-14/h4-9H,1-3H3. The number of rotatable bonds is 1. The molecule has 2 heteroatoms. The molecule has 0 atom stereocenters. The van der Waals surface area contributed by atoms with Crippen LogP contribution in [0.3, 0.4) is 0 Å². The molecule has 0 aliphatic carbocycles. The van der Waals surface area contributed by atoms with Crippen LogP contribution in [0, 0.1) is 6.92 Å². The van der Waals surface area contributed by atoms with Crippen LogP contribution in [0.25, 0.3) is 22.0 Å². The van der Waals surface area contributed by atoms with E-state index in [1.807, 2.05) is 6.07 Å². The lowest BCUT2D eigenvalue weighted by Gasteiger charge is -1.98. The molecular weight excluding hydrogens is 210 g/mol. The van der Waals surface area contributed by atoms with E-state index in [1.165, 1.54) is 10.9 Å². The average Bonchev–Trinajstić information content (AvgIpc) is 2.68. The lowest BCUT2D eigenvalue weighted by Crippen LogP contribution is -1.80. The van der Waals surface area contributed by atoms with E-state index in [-0.39, 0.29) is 0 Å². The molecule has 17 heavy (non-hydrogen) atoms. The van der Waals surface area contributed by atoms with Gasteiger partial charge in [-0.2, -0.15) is 0 Å². The van der Waals surface area contributed by atoms with Crippen molar-refractivity contribution in [2.24, 2.45) is 0 Å². The Bertz CT molecular complexity index is 695. The number of hydrogen-bond donors (Lipinski definition) is 0. The van der Waals surface area contributed by atoms with Gasteiger partial charge >= 0.3 is 0 Å². The fourth-order valence-corrected chi connectivity index (χ4v) is 2.06. The molecule has 86 valence electrons. The minimum absolute atomic E-state index is 0.397. The van der Waals surface area contributed by atoms with Crippen LogP contribution < -0.4 is 0 Å². The second kappa shape index (κ2) is 3.59.